The summed E-state index contributed by atoms with van der Waals surface area (Å²) in [5.74, 6) is 1.37. The molecular weight excluding hydrogens is 376 g/mol. The van der Waals surface area contributed by atoms with Crippen molar-refractivity contribution < 1.29 is 9.32 Å². The number of rotatable bonds is 4. The van der Waals surface area contributed by atoms with Crippen LogP contribution in [0.3, 0.4) is 0 Å². The van der Waals surface area contributed by atoms with E-state index in [1.165, 1.54) is 0 Å². The second-order valence-corrected chi connectivity index (χ2v) is 8.71. The van der Waals surface area contributed by atoms with E-state index in [0.717, 1.165) is 24.2 Å². The number of nitrogens with zero attached hydrogens (tertiary/aromatic N) is 4. The van der Waals surface area contributed by atoms with Crippen molar-refractivity contribution >= 4 is 5.91 Å². The highest BCUT2D eigenvalue weighted by Gasteiger charge is 2.34. The summed E-state index contributed by atoms with van der Waals surface area (Å²) in [6.45, 7) is 8.81. The zero-order valence-electron chi connectivity index (χ0n) is 17.8. The van der Waals surface area contributed by atoms with Crippen LogP contribution >= 0.6 is 0 Å². The van der Waals surface area contributed by atoms with E-state index in [0.29, 0.717) is 24.8 Å². The summed E-state index contributed by atoms with van der Waals surface area (Å²) >= 11 is 0. The highest BCUT2D eigenvalue weighted by molar-refractivity contribution is 5.81. The average molecular weight is 405 g/mol. The highest BCUT2D eigenvalue weighted by Crippen LogP contribution is 2.30. The number of piperazine rings is 1. The van der Waals surface area contributed by atoms with Gasteiger partial charge in [0.2, 0.25) is 17.6 Å². The third-order valence-electron chi connectivity index (χ3n) is 5.43. The van der Waals surface area contributed by atoms with Gasteiger partial charge in [-0.1, -0.05) is 86.6 Å². The summed E-state index contributed by atoms with van der Waals surface area (Å²) in [7, 11) is 0. The Kier molecular flexibility index (Phi) is 5.68. The number of aromatic nitrogens is 2. The minimum Gasteiger partial charge on any atom is -0.340 e. The second kappa shape index (κ2) is 8.40. The van der Waals surface area contributed by atoms with Crippen LogP contribution in [0, 0.1) is 5.41 Å². The van der Waals surface area contributed by atoms with Crippen molar-refractivity contribution in [3.8, 4) is 11.4 Å². The predicted molar refractivity (Wildman–Crippen MR) is 116 cm³/mol. The van der Waals surface area contributed by atoms with Crippen LogP contribution in [0.15, 0.2) is 65.2 Å². The van der Waals surface area contributed by atoms with Crippen LogP contribution in [0.4, 0.5) is 0 Å². The Morgan fingerprint density at radius 3 is 2.13 bits per heavy atom. The molecule has 4 rings (SSSR count). The monoisotopic (exact) mass is 404 g/mol. The van der Waals surface area contributed by atoms with Gasteiger partial charge < -0.3 is 9.42 Å². The molecule has 0 bridgehead atoms. The summed E-state index contributed by atoms with van der Waals surface area (Å²) in [5, 5.41) is 4.23. The number of carbonyl (C=O) groups excluding carboxylic acids is 1. The van der Waals surface area contributed by atoms with Crippen molar-refractivity contribution in [2.45, 2.75) is 26.8 Å². The molecule has 1 unspecified atom stereocenters. The van der Waals surface area contributed by atoms with Crippen molar-refractivity contribution in [2.75, 3.05) is 26.2 Å². The summed E-state index contributed by atoms with van der Waals surface area (Å²) in [5.41, 5.74) is 1.68. The van der Waals surface area contributed by atoms with E-state index in [1.54, 1.807) is 0 Å². The number of amides is 1. The molecule has 0 radical (unpaired) electrons. The molecule has 30 heavy (non-hydrogen) atoms. The fraction of sp³-hybridized carbons (Fsp3) is 0.375. The molecule has 2 aromatic carbocycles. The largest absolute Gasteiger partial charge is 0.340 e. The fourth-order valence-electron chi connectivity index (χ4n) is 3.85. The molecule has 6 heteroatoms. The Balaban J connectivity index is 1.58. The molecule has 1 aromatic heterocycles. The Bertz CT molecular complexity index is 971. The van der Waals surface area contributed by atoms with Gasteiger partial charge in [0.1, 0.15) is 6.04 Å². The molecule has 6 nitrogen and oxygen atoms in total. The number of hydrogen-bond donors (Lipinski definition) is 0. The van der Waals surface area contributed by atoms with Crippen molar-refractivity contribution in [1.82, 2.24) is 19.9 Å². The average Bonchev–Trinajstić information content (AvgIpc) is 3.24. The predicted octanol–water partition coefficient (Wildman–Crippen LogP) is 4.02. The van der Waals surface area contributed by atoms with E-state index in [1.807, 2.05) is 74.2 Å². The first kappa shape index (κ1) is 20.3. The Labute approximate surface area is 177 Å². The summed E-state index contributed by atoms with van der Waals surface area (Å²) < 4.78 is 5.73. The number of hydrogen-bond acceptors (Lipinski definition) is 5. The fourth-order valence-corrected chi connectivity index (χ4v) is 3.85. The van der Waals surface area contributed by atoms with Gasteiger partial charge in [0.05, 0.1) is 0 Å². The number of benzene rings is 2. The molecule has 1 aliphatic heterocycles. The van der Waals surface area contributed by atoms with Gasteiger partial charge in [0.25, 0.3) is 0 Å². The molecule has 1 amide bonds. The lowest BCUT2D eigenvalue weighted by Crippen LogP contribution is -2.52. The van der Waals surface area contributed by atoms with Crippen LogP contribution in [0.1, 0.15) is 38.3 Å². The minimum absolute atomic E-state index is 0.136. The molecule has 0 spiro atoms. The maximum absolute atomic E-state index is 12.7. The normalized spacial score (nSPS) is 16.4. The SMILES string of the molecule is CC(C)(C)C(=O)N1CCN(C(c2ccccc2)c2nc(-c3ccccc3)no2)CC1. The lowest BCUT2D eigenvalue weighted by molar-refractivity contribution is -0.141. The Hall–Kier alpha value is -2.99. The molecule has 1 saturated heterocycles. The smallest absolute Gasteiger partial charge is 0.248 e. The van der Waals surface area contributed by atoms with Gasteiger partial charge in [0, 0.05) is 37.2 Å². The van der Waals surface area contributed by atoms with Gasteiger partial charge in [-0.2, -0.15) is 4.98 Å². The van der Waals surface area contributed by atoms with Crippen molar-refractivity contribution in [2.24, 2.45) is 5.41 Å². The Morgan fingerprint density at radius 2 is 1.53 bits per heavy atom. The molecule has 0 N–H and O–H groups in total. The summed E-state index contributed by atoms with van der Waals surface area (Å²) in [6.07, 6.45) is 0. The number of carbonyl (C=O) groups is 1. The van der Waals surface area contributed by atoms with Crippen LogP contribution < -0.4 is 0 Å². The molecule has 0 aliphatic carbocycles. The minimum atomic E-state index is -0.363. The van der Waals surface area contributed by atoms with Gasteiger partial charge >= 0.3 is 0 Å². The molecule has 1 aliphatic rings. The zero-order chi connectivity index (χ0) is 21.1. The van der Waals surface area contributed by atoms with Crippen LogP contribution in [-0.4, -0.2) is 52.0 Å². The third-order valence-corrected chi connectivity index (χ3v) is 5.43. The van der Waals surface area contributed by atoms with E-state index < -0.39 is 0 Å². The molecule has 3 aromatic rings. The molecular formula is C24H28N4O2. The van der Waals surface area contributed by atoms with E-state index in [9.17, 15) is 4.79 Å². The molecule has 2 heterocycles. The highest BCUT2D eigenvalue weighted by atomic mass is 16.5. The molecule has 1 fully saturated rings. The van der Waals surface area contributed by atoms with Gasteiger partial charge in [-0.3, -0.25) is 9.69 Å². The van der Waals surface area contributed by atoms with Gasteiger partial charge in [-0.25, -0.2) is 0 Å². The Morgan fingerprint density at radius 1 is 0.933 bits per heavy atom. The first-order valence-electron chi connectivity index (χ1n) is 10.4. The van der Waals surface area contributed by atoms with Gasteiger partial charge in [-0.05, 0) is 5.56 Å². The lowest BCUT2D eigenvalue weighted by Gasteiger charge is -2.40. The van der Waals surface area contributed by atoms with E-state index in [4.69, 9.17) is 9.51 Å². The topological polar surface area (TPSA) is 62.5 Å². The van der Waals surface area contributed by atoms with Gasteiger partial charge in [0.15, 0.2) is 0 Å². The summed E-state index contributed by atoms with van der Waals surface area (Å²) in [6, 6.07) is 19.9. The van der Waals surface area contributed by atoms with Gasteiger partial charge in [-0.15, -0.1) is 0 Å². The van der Waals surface area contributed by atoms with Crippen LogP contribution in [0.2, 0.25) is 0 Å². The molecule has 0 saturated carbocycles. The lowest BCUT2D eigenvalue weighted by atomic mass is 9.94. The van der Waals surface area contributed by atoms with Crippen LogP contribution in [-0.2, 0) is 4.79 Å². The van der Waals surface area contributed by atoms with E-state index in [-0.39, 0.29) is 17.4 Å². The zero-order valence-corrected chi connectivity index (χ0v) is 17.8. The first-order chi connectivity index (χ1) is 14.4. The van der Waals surface area contributed by atoms with E-state index >= 15 is 0 Å². The van der Waals surface area contributed by atoms with Crippen LogP contribution in [0.5, 0.6) is 0 Å². The summed E-state index contributed by atoms with van der Waals surface area (Å²) in [4.78, 5) is 21.7. The van der Waals surface area contributed by atoms with Crippen molar-refractivity contribution in [3.05, 3.63) is 72.1 Å². The molecule has 156 valence electrons. The second-order valence-electron chi connectivity index (χ2n) is 8.71. The van der Waals surface area contributed by atoms with Crippen molar-refractivity contribution in [1.29, 1.82) is 0 Å². The van der Waals surface area contributed by atoms with Crippen molar-refractivity contribution in [3.63, 3.8) is 0 Å². The maximum atomic E-state index is 12.7. The first-order valence-corrected chi connectivity index (χ1v) is 10.4. The van der Waals surface area contributed by atoms with E-state index in [2.05, 4.69) is 22.2 Å². The quantitative estimate of drug-likeness (QED) is 0.657. The third kappa shape index (κ3) is 4.28. The molecule has 1 atom stereocenters. The standard InChI is InChI=1S/C24H28N4O2/c1-24(2,3)23(29)28-16-14-27(15-17-28)20(18-10-6-4-7-11-18)22-25-21(26-30-22)19-12-8-5-9-13-19/h4-13,20H,14-17H2,1-3H3. The maximum Gasteiger partial charge on any atom is 0.248 e. The van der Waals surface area contributed by atoms with Crippen LogP contribution in [0.25, 0.3) is 11.4 Å².